The van der Waals surface area contributed by atoms with E-state index in [4.69, 9.17) is 0 Å². The van der Waals surface area contributed by atoms with E-state index >= 15 is 0 Å². The normalized spacial score (nSPS) is 17.3. The fourth-order valence-electron chi connectivity index (χ4n) is 2.91. The van der Waals surface area contributed by atoms with Gasteiger partial charge in [0.25, 0.3) is 0 Å². The van der Waals surface area contributed by atoms with Gasteiger partial charge in [0, 0.05) is 17.9 Å². The number of hydrogen-bond donors (Lipinski definition) is 2. The Morgan fingerprint density at radius 1 is 1.29 bits per heavy atom. The van der Waals surface area contributed by atoms with Crippen LogP contribution in [-0.2, 0) is 6.42 Å². The molecule has 2 heterocycles. The molecule has 2 N–H and O–H groups in total. The number of piperidine rings is 1. The average molecular weight is 284 g/mol. The van der Waals surface area contributed by atoms with Crippen LogP contribution in [0.5, 0.6) is 0 Å². The van der Waals surface area contributed by atoms with Crippen molar-refractivity contribution in [3.05, 3.63) is 54.6 Å². The number of nitrogens with zero attached hydrogens (tertiary/aromatic N) is 2. The van der Waals surface area contributed by atoms with Gasteiger partial charge in [-0.05, 0) is 37.9 Å². The Balaban J connectivity index is 1.78. The minimum Gasteiger partial charge on any atom is -0.332 e. The first-order chi connectivity index (χ1) is 10.3. The third kappa shape index (κ3) is 3.31. The van der Waals surface area contributed by atoms with Gasteiger partial charge in [-0.2, -0.15) is 0 Å². The van der Waals surface area contributed by atoms with E-state index in [1.54, 1.807) is 12.4 Å². The second-order valence-corrected chi connectivity index (χ2v) is 5.59. The highest BCUT2D eigenvalue weighted by Gasteiger charge is 2.34. The maximum Gasteiger partial charge on any atom is 0.327 e. The Kier molecular flexibility index (Phi) is 4.01. The fraction of sp³-hybridized carbons (Fsp3) is 0.375. The Morgan fingerprint density at radius 3 is 2.71 bits per heavy atom. The number of aromatic nitrogens is 2. The molecule has 0 saturated carbocycles. The zero-order valence-electron chi connectivity index (χ0n) is 12.0. The molecule has 110 valence electrons. The van der Waals surface area contributed by atoms with Crippen molar-refractivity contribution >= 4 is 6.03 Å². The Labute approximate surface area is 124 Å². The molecule has 1 aromatic heterocycles. The van der Waals surface area contributed by atoms with Crippen molar-refractivity contribution in [1.82, 2.24) is 20.2 Å². The standard InChI is InChI=1S/C16H20N4O/c21-15(20-11-10-18-13-20)19-16(6-8-17-9-7-16)12-14-4-2-1-3-5-14/h1-5,10-11,13,17H,6-9,12H2,(H,19,21). The van der Waals surface area contributed by atoms with Crippen LogP contribution >= 0.6 is 0 Å². The predicted octanol–water partition coefficient (Wildman–Crippen LogP) is 1.81. The lowest BCUT2D eigenvalue weighted by Crippen LogP contribution is -2.56. The molecular weight excluding hydrogens is 264 g/mol. The van der Waals surface area contributed by atoms with Gasteiger partial charge >= 0.3 is 6.03 Å². The van der Waals surface area contributed by atoms with Crippen molar-refractivity contribution in [2.45, 2.75) is 24.8 Å². The molecule has 21 heavy (non-hydrogen) atoms. The lowest BCUT2D eigenvalue weighted by Gasteiger charge is -2.38. The molecule has 1 saturated heterocycles. The first-order valence-electron chi connectivity index (χ1n) is 7.33. The fourth-order valence-corrected chi connectivity index (χ4v) is 2.91. The van der Waals surface area contributed by atoms with Crippen molar-refractivity contribution in [3.63, 3.8) is 0 Å². The average Bonchev–Trinajstić information content (AvgIpc) is 3.03. The highest BCUT2D eigenvalue weighted by atomic mass is 16.2. The quantitative estimate of drug-likeness (QED) is 0.903. The molecule has 1 aromatic carbocycles. The van der Waals surface area contributed by atoms with Crippen LogP contribution in [-0.4, -0.2) is 34.2 Å². The van der Waals surface area contributed by atoms with Gasteiger partial charge in [0.1, 0.15) is 6.33 Å². The largest absolute Gasteiger partial charge is 0.332 e. The summed E-state index contributed by atoms with van der Waals surface area (Å²) in [5.41, 5.74) is 1.07. The van der Waals surface area contributed by atoms with E-state index in [1.807, 2.05) is 18.2 Å². The summed E-state index contributed by atoms with van der Waals surface area (Å²) in [6.07, 6.45) is 7.55. The summed E-state index contributed by atoms with van der Waals surface area (Å²) in [6.45, 7) is 1.86. The van der Waals surface area contributed by atoms with Gasteiger partial charge in [0.05, 0.1) is 0 Å². The van der Waals surface area contributed by atoms with Crippen LogP contribution in [0.2, 0.25) is 0 Å². The zero-order chi connectivity index (χ0) is 14.5. The molecule has 0 atom stereocenters. The first kappa shape index (κ1) is 13.8. The summed E-state index contributed by atoms with van der Waals surface area (Å²) in [5, 5.41) is 6.59. The van der Waals surface area contributed by atoms with Crippen molar-refractivity contribution in [3.8, 4) is 0 Å². The second-order valence-electron chi connectivity index (χ2n) is 5.59. The maximum atomic E-state index is 12.4. The van der Waals surface area contributed by atoms with Crippen LogP contribution in [0.4, 0.5) is 4.79 Å². The van der Waals surface area contributed by atoms with Crippen LogP contribution in [0.25, 0.3) is 0 Å². The van der Waals surface area contributed by atoms with E-state index in [0.717, 1.165) is 32.4 Å². The molecule has 1 aliphatic rings. The molecular formula is C16H20N4O. The van der Waals surface area contributed by atoms with Crippen LogP contribution in [0.3, 0.4) is 0 Å². The van der Waals surface area contributed by atoms with Gasteiger partial charge in [-0.1, -0.05) is 30.3 Å². The van der Waals surface area contributed by atoms with E-state index < -0.39 is 0 Å². The lowest BCUT2D eigenvalue weighted by molar-refractivity contribution is 0.207. The summed E-state index contributed by atoms with van der Waals surface area (Å²) in [7, 11) is 0. The molecule has 3 rings (SSSR count). The number of hydrogen-bond acceptors (Lipinski definition) is 3. The van der Waals surface area contributed by atoms with Crippen LogP contribution in [0.15, 0.2) is 49.1 Å². The van der Waals surface area contributed by atoms with Crippen LogP contribution < -0.4 is 10.6 Å². The van der Waals surface area contributed by atoms with Gasteiger partial charge in [0.2, 0.25) is 0 Å². The summed E-state index contributed by atoms with van der Waals surface area (Å²) >= 11 is 0. The third-order valence-corrected chi connectivity index (χ3v) is 4.06. The smallest absolute Gasteiger partial charge is 0.327 e. The topological polar surface area (TPSA) is 59.0 Å². The summed E-state index contributed by atoms with van der Waals surface area (Å²) < 4.78 is 1.49. The Morgan fingerprint density at radius 2 is 2.05 bits per heavy atom. The van der Waals surface area contributed by atoms with Gasteiger partial charge in [-0.15, -0.1) is 0 Å². The summed E-state index contributed by atoms with van der Waals surface area (Å²) in [5.74, 6) is 0. The molecule has 0 radical (unpaired) electrons. The van der Waals surface area contributed by atoms with E-state index in [0.29, 0.717) is 0 Å². The van der Waals surface area contributed by atoms with Gasteiger partial charge in [-0.3, -0.25) is 4.57 Å². The highest BCUT2D eigenvalue weighted by Crippen LogP contribution is 2.24. The van der Waals surface area contributed by atoms with Crippen LogP contribution in [0, 0.1) is 0 Å². The monoisotopic (exact) mass is 284 g/mol. The molecule has 1 amide bonds. The number of carbonyl (C=O) groups excluding carboxylic acids is 1. The van der Waals surface area contributed by atoms with Gasteiger partial charge in [-0.25, -0.2) is 9.78 Å². The molecule has 0 unspecified atom stereocenters. The number of benzene rings is 1. The number of carbonyl (C=O) groups is 1. The second kappa shape index (κ2) is 6.10. The van der Waals surface area contributed by atoms with Gasteiger partial charge in [0.15, 0.2) is 0 Å². The number of rotatable bonds is 3. The van der Waals surface area contributed by atoms with Crippen molar-refractivity contribution < 1.29 is 4.79 Å². The molecule has 5 heteroatoms. The van der Waals surface area contributed by atoms with Gasteiger partial charge < -0.3 is 10.6 Å². The third-order valence-electron chi connectivity index (χ3n) is 4.06. The lowest BCUT2D eigenvalue weighted by atomic mass is 9.82. The first-order valence-corrected chi connectivity index (χ1v) is 7.33. The Bertz CT molecular complexity index is 574. The van der Waals surface area contributed by atoms with Crippen molar-refractivity contribution in [2.75, 3.05) is 13.1 Å². The molecule has 1 fully saturated rings. The van der Waals surface area contributed by atoms with Crippen LogP contribution in [0.1, 0.15) is 18.4 Å². The predicted molar refractivity (Wildman–Crippen MR) is 81.1 cm³/mol. The maximum absolute atomic E-state index is 12.4. The molecule has 1 aliphatic heterocycles. The highest BCUT2D eigenvalue weighted by molar-refractivity contribution is 5.77. The number of amides is 1. The van der Waals surface area contributed by atoms with Crippen molar-refractivity contribution in [1.29, 1.82) is 0 Å². The SMILES string of the molecule is O=C(NC1(Cc2ccccc2)CCNCC1)n1ccnc1. The summed E-state index contributed by atoms with van der Waals surface area (Å²) in [6, 6.07) is 10.2. The van der Waals surface area contributed by atoms with E-state index in [1.165, 1.54) is 16.5 Å². The Hall–Kier alpha value is -2.14. The number of nitrogens with one attached hydrogen (secondary N) is 2. The van der Waals surface area contributed by atoms with E-state index in [2.05, 4.69) is 27.8 Å². The minimum atomic E-state index is -0.187. The van der Waals surface area contributed by atoms with Crippen molar-refractivity contribution in [2.24, 2.45) is 0 Å². The molecule has 0 bridgehead atoms. The van der Waals surface area contributed by atoms with E-state index in [9.17, 15) is 4.79 Å². The van der Waals surface area contributed by atoms with E-state index in [-0.39, 0.29) is 11.6 Å². The molecule has 0 aliphatic carbocycles. The molecule has 2 aromatic rings. The number of imidazole rings is 1. The summed E-state index contributed by atoms with van der Waals surface area (Å²) in [4.78, 5) is 16.3. The zero-order valence-corrected chi connectivity index (χ0v) is 12.0. The minimum absolute atomic E-state index is 0.106. The molecule has 0 spiro atoms. The molecule has 5 nitrogen and oxygen atoms in total.